The lowest BCUT2D eigenvalue weighted by Gasteiger charge is -2.27. The maximum Gasteiger partial charge on any atom is 0.227 e. The standard InChI is InChI=1S/C14H21BrN2O/c1-4-14(3,9-16)13(18)17-10(2)11-7-5-6-8-12(11)15/h5-8,10H,4,9,16H2,1-3H3,(H,17,18)/t10-,14?/m0/s1. The van der Waals surface area contributed by atoms with E-state index in [-0.39, 0.29) is 11.9 Å². The second kappa shape index (κ2) is 6.34. The summed E-state index contributed by atoms with van der Waals surface area (Å²) in [7, 11) is 0. The first-order valence-electron chi connectivity index (χ1n) is 6.20. The molecule has 1 unspecified atom stereocenters. The van der Waals surface area contributed by atoms with Crippen LogP contribution in [0.4, 0.5) is 0 Å². The predicted molar refractivity (Wildman–Crippen MR) is 78.2 cm³/mol. The van der Waals surface area contributed by atoms with E-state index in [1.165, 1.54) is 0 Å². The van der Waals surface area contributed by atoms with E-state index in [2.05, 4.69) is 21.2 Å². The minimum absolute atomic E-state index is 0.00996. The predicted octanol–water partition coefficient (Wildman–Crippen LogP) is 3.00. The Bertz CT molecular complexity index is 416. The van der Waals surface area contributed by atoms with Crippen LogP contribution in [-0.2, 0) is 4.79 Å². The van der Waals surface area contributed by atoms with Gasteiger partial charge in [-0.1, -0.05) is 41.1 Å². The zero-order valence-corrected chi connectivity index (χ0v) is 12.8. The molecule has 0 bridgehead atoms. The molecule has 0 aliphatic heterocycles. The summed E-state index contributed by atoms with van der Waals surface area (Å²) in [6, 6.07) is 7.86. The van der Waals surface area contributed by atoms with Crippen molar-refractivity contribution in [2.24, 2.45) is 11.1 Å². The van der Waals surface area contributed by atoms with Gasteiger partial charge >= 0.3 is 0 Å². The molecular formula is C14H21BrN2O. The van der Waals surface area contributed by atoms with Crippen LogP contribution in [0.25, 0.3) is 0 Å². The quantitative estimate of drug-likeness (QED) is 0.878. The van der Waals surface area contributed by atoms with Gasteiger partial charge in [-0.05, 0) is 31.9 Å². The Balaban J connectivity index is 2.80. The molecule has 0 saturated carbocycles. The fraction of sp³-hybridized carbons (Fsp3) is 0.500. The van der Waals surface area contributed by atoms with Crippen molar-refractivity contribution in [3.05, 3.63) is 34.3 Å². The van der Waals surface area contributed by atoms with Gasteiger partial charge < -0.3 is 11.1 Å². The average Bonchev–Trinajstić information content (AvgIpc) is 2.38. The maximum absolute atomic E-state index is 12.2. The smallest absolute Gasteiger partial charge is 0.227 e. The van der Waals surface area contributed by atoms with E-state index >= 15 is 0 Å². The fourth-order valence-electron chi connectivity index (χ4n) is 1.67. The molecule has 0 spiro atoms. The van der Waals surface area contributed by atoms with Crippen LogP contribution in [0.2, 0.25) is 0 Å². The number of rotatable bonds is 5. The highest BCUT2D eigenvalue weighted by Gasteiger charge is 2.30. The molecule has 18 heavy (non-hydrogen) atoms. The Hall–Kier alpha value is -0.870. The van der Waals surface area contributed by atoms with Gasteiger partial charge in [0.2, 0.25) is 5.91 Å². The third-order valence-electron chi connectivity index (χ3n) is 3.50. The minimum Gasteiger partial charge on any atom is -0.349 e. The van der Waals surface area contributed by atoms with Gasteiger partial charge in [-0.2, -0.15) is 0 Å². The molecule has 3 N–H and O–H groups in total. The van der Waals surface area contributed by atoms with E-state index in [1.54, 1.807) is 0 Å². The third-order valence-corrected chi connectivity index (χ3v) is 4.22. The molecule has 100 valence electrons. The van der Waals surface area contributed by atoms with E-state index < -0.39 is 5.41 Å². The van der Waals surface area contributed by atoms with Crippen LogP contribution >= 0.6 is 15.9 Å². The molecular weight excluding hydrogens is 292 g/mol. The number of hydrogen-bond acceptors (Lipinski definition) is 2. The first kappa shape index (κ1) is 15.2. The fourth-order valence-corrected chi connectivity index (χ4v) is 2.30. The van der Waals surface area contributed by atoms with Gasteiger partial charge in [0.1, 0.15) is 0 Å². The van der Waals surface area contributed by atoms with Gasteiger partial charge in [-0.15, -0.1) is 0 Å². The van der Waals surface area contributed by atoms with Gasteiger partial charge in [0.15, 0.2) is 0 Å². The Morgan fingerprint density at radius 1 is 1.50 bits per heavy atom. The maximum atomic E-state index is 12.2. The van der Waals surface area contributed by atoms with Crippen LogP contribution in [0.15, 0.2) is 28.7 Å². The molecule has 0 aromatic heterocycles. The van der Waals surface area contributed by atoms with Crippen molar-refractivity contribution in [1.29, 1.82) is 0 Å². The monoisotopic (exact) mass is 312 g/mol. The Labute approximate surface area is 117 Å². The average molecular weight is 313 g/mol. The van der Waals surface area contributed by atoms with Gasteiger partial charge in [0.05, 0.1) is 11.5 Å². The number of benzene rings is 1. The molecule has 1 amide bonds. The number of amides is 1. The molecule has 1 rings (SSSR count). The summed E-state index contributed by atoms with van der Waals surface area (Å²) in [6.07, 6.45) is 0.734. The van der Waals surface area contributed by atoms with E-state index in [0.717, 1.165) is 16.5 Å². The molecule has 4 heteroatoms. The van der Waals surface area contributed by atoms with Gasteiger partial charge in [0.25, 0.3) is 0 Å². The van der Waals surface area contributed by atoms with Gasteiger partial charge in [-0.3, -0.25) is 4.79 Å². The normalized spacial score (nSPS) is 15.8. The van der Waals surface area contributed by atoms with Crippen molar-refractivity contribution in [1.82, 2.24) is 5.32 Å². The molecule has 0 heterocycles. The Morgan fingerprint density at radius 2 is 2.11 bits per heavy atom. The van der Waals surface area contributed by atoms with Crippen molar-refractivity contribution in [3.63, 3.8) is 0 Å². The van der Waals surface area contributed by atoms with Crippen LogP contribution in [0.5, 0.6) is 0 Å². The van der Waals surface area contributed by atoms with Crippen molar-refractivity contribution in [2.75, 3.05) is 6.54 Å². The van der Waals surface area contributed by atoms with Gasteiger partial charge in [0, 0.05) is 11.0 Å². The highest BCUT2D eigenvalue weighted by Crippen LogP contribution is 2.25. The van der Waals surface area contributed by atoms with Crippen LogP contribution in [-0.4, -0.2) is 12.5 Å². The summed E-state index contributed by atoms with van der Waals surface area (Å²) in [6.45, 7) is 6.22. The largest absolute Gasteiger partial charge is 0.349 e. The third kappa shape index (κ3) is 3.33. The van der Waals surface area contributed by atoms with Crippen LogP contribution in [0.3, 0.4) is 0 Å². The molecule has 0 radical (unpaired) electrons. The lowest BCUT2D eigenvalue weighted by molar-refractivity contribution is -0.130. The molecule has 0 aliphatic carbocycles. The summed E-state index contributed by atoms with van der Waals surface area (Å²) >= 11 is 3.50. The lowest BCUT2D eigenvalue weighted by atomic mass is 9.86. The molecule has 0 aliphatic rings. The SMILES string of the molecule is CCC(C)(CN)C(=O)N[C@@H](C)c1ccccc1Br. The molecule has 3 nitrogen and oxygen atoms in total. The minimum atomic E-state index is -0.491. The van der Waals surface area contributed by atoms with Crippen LogP contribution in [0, 0.1) is 5.41 Å². The number of halogens is 1. The number of carbonyl (C=O) groups is 1. The zero-order valence-electron chi connectivity index (χ0n) is 11.2. The molecule has 0 fully saturated rings. The van der Waals surface area contributed by atoms with Crippen LogP contribution in [0.1, 0.15) is 38.8 Å². The first-order chi connectivity index (χ1) is 8.44. The highest BCUT2D eigenvalue weighted by atomic mass is 79.9. The topological polar surface area (TPSA) is 55.1 Å². The second-order valence-electron chi connectivity index (χ2n) is 4.84. The molecule has 1 aromatic carbocycles. The summed E-state index contributed by atoms with van der Waals surface area (Å²) < 4.78 is 1.00. The van der Waals surface area contributed by atoms with E-state index in [9.17, 15) is 4.79 Å². The lowest BCUT2D eigenvalue weighted by Crippen LogP contribution is -2.44. The number of nitrogens with two attached hydrogens (primary N) is 1. The zero-order chi connectivity index (χ0) is 13.8. The van der Waals surface area contributed by atoms with Crippen molar-refractivity contribution in [2.45, 2.75) is 33.2 Å². The van der Waals surface area contributed by atoms with Crippen molar-refractivity contribution >= 4 is 21.8 Å². The summed E-state index contributed by atoms with van der Waals surface area (Å²) in [5.41, 5.74) is 6.27. The van der Waals surface area contributed by atoms with Crippen LogP contribution < -0.4 is 11.1 Å². The Kier molecular flexibility index (Phi) is 5.35. The van der Waals surface area contributed by atoms with E-state index in [1.807, 2.05) is 45.0 Å². The number of carbonyl (C=O) groups excluding carboxylic acids is 1. The highest BCUT2D eigenvalue weighted by molar-refractivity contribution is 9.10. The van der Waals surface area contributed by atoms with Gasteiger partial charge in [-0.25, -0.2) is 0 Å². The molecule has 1 aromatic rings. The number of hydrogen-bond donors (Lipinski definition) is 2. The summed E-state index contributed by atoms with van der Waals surface area (Å²) in [5.74, 6) is 0.00996. The van der Waals surface area contributed by atoms with Crippen molar-refractivity contribution < 1.29 is 4.79 Å². The second-order valence-corrected chi connectivity index (χ2v) is 5.69. The summed E-state index contributed by atoms with van der Waals surface area (Å²) in [4.78, 5) is 12.2. The first-order valence-corrected chi connectivity index (χ1v) is 6.99. The van der Waals surface area contributed by atoms with E-state index in [4.69, 9.17) is 5.73 Å². The molecule has 0 saturated heterocycles. The molecule has 2 atom stereocenters. The van der Waals surface area contributed by atoms with Crippen molar-refractivity contribution in [3.8, 4) is 0 Å². The summed E-state index contributed by atoms with van der Waals surface area (Å²) in [5, 5.41) is 3.03. The Morgan fingerprint density at radius 3 is 2.61 bits per heavy atom. The number of nitrogens with one attached hydrogen (secondary N) is 1. The van der Waals surface area contributed by atoms with E-state index in [0.29, 0.717) is 6.54 Å².